The van der Waals surface area contributed by atoms with Gasteiger partial charge < -0.3 is 10.3 Å². The van der Waals surface area contributed by atoms with Gasteiger partial charge in [-0.3, -0.25) is 0 Å². The lowest BCUT2D eigenvalue weighted by Gasteiger charge is -2.01. The second-order valence-corrected chi connectivity index (χ2v) is 3.42. The molecule has 3 heteroatoms. The molecule has 0 bridgehead atoms. The second-order valence-electron chi connectivity index (χ2n) is 3.42. The van der Waals surface area contributed by atoms with E-state index in [-0.39, 0.29) is 0 Å². The van der Waals surface area contributed by atoms with Crippen LogP contribution in [0.25, 0.3) is 0 Å². The van der Waals surface area contributed by atoms with Gasteiger partial charge in [0.15, 0.2) is 5.82 Å². The van der Waals surface area contributed by atoms with Crippen LogP contribution in [0, 0.1) is 5.92 Å². The van der Waals surface area contributed by atoms with Crippen molar-refractivity contribution in [2.45, 2.75) is 33.6 Å². The highest BCUT2D eigenvalue weighted by Crippen LogP contribution is 2.19. The van der Waals surface area contributed by atoms with Crippen molar-refractivity contribution in [3.63, 3.8) is 0 Å². The summed E-state index contributed by atoms with van der Waals surface area (Å²) < 4.78 is 5.12. The van der Waals surface area contributed by atoms with Crippen LogP contribution in [0.1, 0.15) is 32.1 Å². The smallest absolute Gasteiger partial charge is 0.170 e. The Morgan fingerprint density at radius 3 is 2.67 bits per heavy atom. The molecule has 2 N–H and O–H groups in total. The number of nitrogens with zero attached hydrogens (tertiary/aromatic N) is 1. The second kappa shape index (κ2) is 3.61. The highest BCUT2D eigenvalue weighted by molar-refractivity contribution is 5.40. The fourth-order valence-corrected chi connectivity index (χ4v) is 1.27. The molecule has 0 aromatic carbocycles. The SMILES string of the molecule is CCc1c(N)noc1CC(C)C. The van der Waals surface area contributed by atoms with Gasteiger partial charge in [0, 0.05) is 12.0 Å². The Morgan fingerprint density at radius 1 is 1.50 bits per heavy atom. The molecule has 0 saturated heterocycles. The summed E-state index contributed by atoms with van der Waals surface area (Å²) in [5.41, 5.74) is 6.70. The summed E-state index contributed by atoms with van der Waals surface area (Å²) in [6.45, 7) is 6.36. The van der Waals surface area contributed by atoms with Gasteiger partial charge in [-0.2, -0.15) is 0 Å². The molecule has 0 aliphatic carbocycles. The van der Waals surface area contributed by atoms with Gasteiger partial charge in [0.1, 0.15) is 5.76 Å². The molecule has 12 heavy (non-hydrogen) atoms. The predicted octanol–water partition coefficient (Wildman–Crippen LogP) is 2.02. The van der Waals surface area contributed by atoms with Crippen LogP contribution < -0.4 is 5.73 Å². The maximum Gasteiger partial charge on any atom is 0.170 e. The van der Waals surface area contributed by atoms with Crippen LogP contribution in [0.15, 0.2) is 4.52 Å². The summed E-state index contributed by atoms with van der Waals surface area (Å²) in [5.74, 6) is 2.08. The predicted molar refractivity (Wildman–Crippen MR) is 48.8 cm³/mol. The standard InChI is InChI=1S/C9H16N2O/c1-4-7-8(5-6(2)3)12-11-9(7)10/h6H,4-5H2,1-3H3,(H2,10,11). The lowest BCUT2D eigenvalue weighted by Crippen LogP contribution is -1.97. The molecule has 3 nitrogen and oxygen atoms in total. The maximum atomic E-state index is 5.62. The quantitative estimate of drug-likeness (QED) is 0.751. The molecule has 1 aromatic heterocycles. The van der Waals surface area contributed by atoms with E-state index in [0.717, 1.165) is 24.2 Å². The monoisotopic (exact) mass is 168 g/mol. The highest BCUT2D eigenvalue weighted by Gasteiger charge is 2.12. The molecule has 1 rings (SSSR count). The molecule has 0 unspecified atom stereocenters. The first-order valence-electron chi connectivity index (χ1n) is 4.38. The highest BCUT2D eigenvalue weighted by atomic mass is 16.5. The summed E-state index contributed by atoms with van der Waals surface area (Å²) in [6.07, 6.45) is 1.82. The Balaban J connectivity index is 2.84. The minimum absolute atomic E-state index is 0.549. The van der Waals surface area contributed by atoms with Gasteiger partial charge in [-0.1, -0.05) is 25.9 Å². The summed E-state index contributed by atoms with van der Waals surface area (Å²) in [4.78, 5) is 0. The van der Waals surface area contributed by atoms with Crippen molar-refractivity contribution in [1.82, 2.24) is 5.16 Å². The molecule has 0 aliphatic rings. The molecule has 0 atom stereocenters. The average molecular weight is 168 g/mol. The topological polar surface area (TPSA) is 52.0 Å². The molecule has 0 amide bonds. The van der Waals surface area contributed by atoms with E-state index in [0.29, 0.717) is 11.7 Å². The van der Waals surface area contributed by atoms with Crippen molar-refractivity contribution in [3.05, 3.63) is 11.3 Å². The van der Waals surface area contributed by atoms with Crippen molar-refractivity contribution < 1.29 is 4.52 Å². The Hall–Kier alpha value is -0.990. The Morgan fingerprint density at radius 2 is 2.17 bits per heavy atom. The summed E-state index contributed by atoms with van der Waals surface area (Å²) >= 11 is 0. The third-order valence-electron chi connectivity index (χ3n) is 1.85. The van der Waals surface area contributed by atoms with Gasteiger partial charge in [-0.15, -0.1) is 0 Å². The molecule has 68 valence electrons. The zero-order chi connectivity index (χ0) is 9.14. The molecular formula is C9H16N2O. The van der Waals surface area contributed by atoms with E-state index in [4.69, 9.17) is 10.3 Å². The van der Waals surface area contributed by atoms with Crippen LogP contribution >= 0.6 is 0 Å². The first kappa shape index (κ1) is 9.10. The van der Waals surface area contributed by atoms with Gasteiger partial charge in [-0.25, -0.2) is 0 Å². The average Bonchev–Trinajstić information content (AvgIpc) is 2.30. The zero-order valence-electron chi connectivity index (χ0n) is 7.92. The molecule has 1 heterocycles. The van der Waals surface area contributed by atoms with Crippen LogP contribution in [-0.4, -0.2) is 5.16 Å². The van der Waals surface area contributed by atoms with Crippen molar-refractivity contribution >= 4 is 5.82 Å². The van der Waals surface area contributed by atoms with Gasteiger partial charge in [0.25, 0.3) is 0 Å². The third kappa shape index (κ3) is 1.78. The number of anilines is 1. The summed E-state index contributed by atoms with van der Waals surface area (Å²) in [7, 11) is 0. The van der Waals surface area contributed by atoms with Gasteiger partial charge in [0.2, 0.25) is 0 Å². The summed E-state index contributed by atoms with van der Waals surface area (Å²) in [5, 5.41) is 3.74. The number of aromatic nitrogens is 1. The number of nitrogens with two attached hydrogens (primary N) is 1. The fourth-order valence-electron chi connectivity index (χ4n) is 1.27. The molecule has 0 spiro atoms. The van der Waals surface area contributed by atoms with Crippen LogP contribution in [-0.2, 0) is 12.8 Å². The van der Waals surface area contributed by atoms with Gasteiger partial charge >= 0.3 is 0 Å². The van der Waals surface area contributed by atoms with Crippen LogP contribution in [0.2, 0.25) is 0 Å². The Bertz CT molecular complexity index is 253. The molecule has 0 radical (unpaired) electrons. The van der Waals surface area contributed by atoms with Gasteiger partial charge in [-0.05, 0) is 12.3 Å². The van der Waals surface area contributed by atoms with Crippen molar-refractivity contribution in [2.24, 2.45) is 5.92 Å². The number of rotatable bonds is 3. The maximum absolute atomic E-state index is 5.62. The van der Waals surface area contributed by atoms with E-state index in [1.807, 2.05) is 0 Å². The van der Waals surface area contributed by atoms with Crippen molar-refractivity contribution in [3.8, 4) is 0 Å². The van der Waals surface area contributed by atoms with E-state index in [2.05, 4.69) is 25.9 Å². The van der Waals surface area contributed by atoms with E-state index < -0.39 is 0 Å². The van der Waals surface area contributed by atoms with Crippen molar-refractivity contribution in [2.75, 3.05) is 5.73 Å². The Labute approximate surface area is 72.9 Å². The Kier molecular flexibility index (Phi) is 2.74. The molecule has 0 aliphatic heterocycles. The van der Waals surface area contributed by atoms with E-state index in [1.54, 1.807) is 0 Å². The normalized spacial score (nSPS) is 11.0. The van der Waals surface area contributed by atoms with E-state index >= 15 is 0 Å². The number of hydrogen-bond donors (Lipinski definition) is 1. The number of nitrogen functional groups attached to an aromatic ring is 1. The lowest BCUT2D eigenvalue weighted by atomic mass is 10.0. The largest absolute Gasteiger partial charge is 0.381 e. The van der Waals surface area contributed by atoms with Crippen LogP contribution in [0.3, 0.4) is 0 Å². The van der Waals surface area contributed by atoms with E-state index in [1.165, 1.54) is 0 Å². The van der Waals surface area contributed by atoms with Crippen LogP contribution in [0.4, 0.5) is 5.82 Å². The molecule has 1 aromatic rings. The van der Waals surface area contributed by atoms with Crippen molar-refractivity contribution in [1.29, 1.82) is 0 Å². The molecular weight excluding hydrogens is 152 g/mol. The number of hydrogen-bond acceptors (Lipinski definition) is 3. The van der Waals surface area contributed by atoms with Gasteiger partial charge in [0.05, 0.1) is 0 Å². The third-order valence-corrected chi connectivity index (χ3v) is 1.85. The first-order chi connectivity index (χ1) is 5.65. The zero-order valence-corrected chi connectivity index (χ0v) is 7.92. The summed E-state index contributed by atoms with van der Waals surface area (Å²) in [6, 6.07) is 0. The minimum Gasteiger partial charge on any atom is -0.381 e. The van der Waals surface area contributed by atoms with E-state index in [9.17, 15) is 0 Å². The fraction of sp³-hybridized carbons (Fsp3) is 0.667. The molecule has 0 fully saturated rings. The first-order valence-corrected chi connectivity index (χ1v) is 4.38. The lowest BCUT2D eigenvalue weighted by molar-refractivity contribution is 0.369. The minimum atomic E-state index is 0.549. The van der Waals surface area contributed by atoms with Crippen LogP contribution in [0.5, 0.6) is 0 Å². The molecule has 0 saturated carbocycles.